The average molecular weight is 445 g/mol. The summed E-state index contributed by atoms with van der Waals surface area (Å²) in [4.78, 5) is 12.5. The van der Waals surface area contributed by atoms with E-state index in [9.17, 15) is 13.2 Å². The molecule has 30 heavy (non-hydrogen) atoms. The molecule has 1 fully saturated rings. The lowest BCUT2D eigenvalue weighted by molar-refractivity contribution is -0.111. The Morgan fingerprint density at radius 1 is 1.27 bits per heavy atom. The Kier molecular flexibility index (Phi) is 5.58. The normalized spacial score (nSPS) is 15.9. The quantitative estimate of drug-likeness (QED) is 0.571. The summed E-state index contributed by atoms with van der Waals surface area (Å²) in [6, 6.07) is 12.5. The van der Waals surface area contributed by atoms with Gasteiger partial charge < -0.3 is 9.73 Å². The molecule has 2 aromatic carbocycles. The summed E-state index contributed by atoms with van der Waals surface area (Å²) in [5, 5.41) is 4.02. The average Bonchev–Trinajstić information content (AvgIpc) is 3.27. The van der Waals surface area contributed by atoms with Gasteiger partial charge in [0.15, 0.2) is 0 Å². The fraction of sp³-hybridized carbons (Fsp3) is 0.227. The van der Waals surface area contributed by atoms with E-state index in [0.29, 0.717) is 35.8 Å². The fourth-order valence-electron chi connectivity index (χ4n) is 3.59. The van der Waals surface area contributed by atoms with E-state index in [0.717, 1.165) is 22.3 Å². The van der Waals surface area contributed by atoms with Gasteiger partial charge in [0.1, 0.15) is 11.3 Å². The van der Waals surface area contributed by atoms with Crippen molar-refractivity contribution in [2.75, 3.05) is 21.9 Å². The van der Waals surface area contributed by atoms with Crippen molar-refractivity contribution < 1.29 is 17.6 Å². The number of sulfonamides is 1. The highest BCUT2D eigenvalue weighted by molar-refractivity contribution is 7.93. The van der Waals surface area contributed by atoms with Gasteiger partial charge in [-0.3, -0.25) is 9.10 Å². The van der Waals surface area contributed by atoms with Gasteiger partial charge in [-0.05, 0) is 36.8 Å². The first-order valence-electron chi connectivity index (χ1n) is 9.68. The summed E-state index contributed by atoms with van der Waals surface area (Å²) in [6.07, 6.45) is 4.43. The lowest BCUT2D eigenvalue weighted by Crippen LogP contribution is -2.25. The number of halogens is 1. The molecule has 1 N–H and O–H groups in total. The molecule has 0 saturated carbocycles. The van der Waals surface area contributed by atoms with Crippen molar-refractivity contribution in [1.82, 2.24) is 0 Å². The van der Waals surface area contributed by atoms with Gasteiger partial charge in [0.05, 0.1) is 22.2 Å². The molecule has 1 amide bonds. The van der Waals surface area contributed by atoms with Gasteiger partial charge in [-0.1, -0.05) is 36.7 Å². The second-order valence-electron chi connectivity index (χ2n) is 7.02. The van der Waals surface area contributed by atoms with E-state index in [4.69, 9.17) is 16.0 Å². The number of carbonyl (C=O) groups excluding carboxylic acids is 1. The molecule has 156 valence electrons. The molecule has 0 bridgehead atoms. The lowest BCUT2D eigenvalue weighted by atomic mass is 10.1. The zero-order chi connectivity index (χ0) is 21.3. The standard InChI is InChI=1S/C22H21ClN2O4S/c1-2-20-17(16-6-3-4-7-21(16)29-20)9-11-22(26)24-19-14-15(8-10-18(19)23)25-12-5-13-30(25,27)28/h3-4,6-11,14H,2,5,12-13H2,1H3,(H,24,26). The van der Waals surface area contributed by atoms with Crippen LogP contribution in [0, 0.1) is 0 Å². The molecule has 3 aromatic rings. The van der Waals surface area contributed by atoms with Gasteiger partial charge >= 0.3 is 0 Å². The topological polar surface area (TPSA) is 79.6 Å². The first kappa shape index (κ1) is 20.5. The van der Waals surface area contributed by atoms with Crippen molar-refractivity contribution in [2.24, 2.45) is 0 Å². The zero-order valence-electron chi connectivity index (χ0n) is 16.4. The first-order chi connectivity index (χ1) is 14.4. The van der Waals surface area contributed by atoms with Crippen LogP contribution in [0.1, 0.15) is 24.7 Å². The molecule has 0 unspecified atom stereocenters. The Labute approximate surface area is 180 Å². The van der Waals surface area contributed by atoms with Gasteiger partial charge in [0, 0.05) is 30.0 Å². The number of aryl methyl sites for hydroxylation is 1. The maximum Gasteiger partial charge on any atom is 0.248 e. The Morgan fingerprint density at radius 3 is 2.80 bits per heavy atom. The molecule has 1 aliphatic heterocycles. The Hall–Kier alpha value is -2.77. The van der Waals surface area contributed by atoms with Crippen LogP contribution in [0.15, 0.2) is 53.0 Å². The van der Waals surface area contributed by atoms with E-state index in [-0.39, 0.29) is 11.7 Å². The van der Waals surface area contributed by atoms with E-state index in [1.807, 2.05) is 31.2 Å². The molecule has 0 atom stereocenters. The Balaban J connectivity index is 1.57. The van der Waals surface area contributed by atoms with Crippen LogP contribution in [0.3, 0.4) is 0 Å². The molecular weight excluding hydrogens is 424 g/mol. The fourth-order valence-corrected chi connectivity index (χ4v) is 5.31. The molecule has 4 rings (SSSR count). The summed E-state index contributed by atoms with van der Waals surface area (Å²) < 4.78 is 31.5. The highest BCUT2D eigenvalue weighted by Crippen LogP contribution is 2.31. The van der Waals surface area contributed by atoms with Gasteiger partial charge in [0.2, 0.25) is 15.9 Å². The summed E-state index contributed by atoms with van der Waals surface area (Å²) >= 11 is 6.22. The molecule has 8 heteroatoms. The number of para-hydroxylation sites is 1. The van der Waals surface area contributed by atoms with E-state index in [2.05, 4.69) is 5.32 Å². The summed E-state index contributed by atoms with van der Waals surface area (Å²) in [5.74, 6) is 0.559. The molecular formula is C22H21ClN2O4S. The van der Waals surface area contributed by atoms with Crippen molar-refractivity contribution in [3.63, 3.8) is 0 Å². The Bertz CT molecular complexity index is 1250. The minimum absolute atomic E-state index is 0.123. The number of nitrogens with zero attached hydrogens (tertiary/aromatic N) is 1. The highest BCUT2D eigenvalue weighted by Gasteiger charge is 2.28. The van der Waals surface area contributed by atoms with Crippen LogP contribution in [-0.2, 0) is 21.2 Å². The van der Waals surface area contributed by atoms with E-state index >= 15 is 0 Å². The Morgan fingerprint density at radius 2 is 2.07 bits per heavy atom. The maximum absolute atomic E-state index is 12.5. The van der Waals surface area contributed by atoms with Gasteiger partial charge in [-0.25, -0.2) is 8.42 Å². The van der Waals surface area contributed by atoms with Crippen LogP contribution in [0.25, 0.3) is 17.0 Å². The van der Waals surface area contributed by atoms with Crippen molar-refractivity contribution in [2.45, 2.75) is 19.8 Å². The lowest BCUT2D eigenvalue weighted by Gasteiger charge is -2.18. The van der Waals surface area contributed by atoms with Crippen LogP contribution < -0.4 is 9.62 Å². The van der Waals surface area contributed by atoms with Crippen LogP contribution >= 0.6 is 11.6 Å². The monoisotopic (exact) mass is 444 g/mol. The van der Waals surface area contributed by atoms with Crippen molar-refractivity contribution in [3.05, 3.63) is 64.9 Å². The third kappa shape index (κ3) is 3.95. The van der Waals surface area contributed by atoms with Crippen LogP contribution in [0.2, 0.25) is 5.02 Å². The smallest absolute Gasteiger partial charge is 0.248 e. The van der Waals surface area contributed by atoms with Gasteiger partial charge in [-0.2, -0.15) is 0 Å². The molecule has 1 saturated heterocycles. The van der Waals surface area contributed by atoms with Crippen molar-refractivity contribution in [1.29, 1.82) is 0 Å². The van der Waals surface area contributed by atoms with E-state index < -0.39 is 10.0 Å². The number of hydrogen-bond donors (Lipinski definition) is 1. The second kappa shape index (κ2) is 8.16. The van der Waals surface area contributed by atoms with E-state index in [1.54, 1.807) is 24.3 Å². The number of furan rings is 1. The molecule has 1 aliphatic rings. The minimum atomic E-state index is -3.31. The van der Waals surface area contributed by atoms with E-state index in [1.165, 1.54) is 10.4 Å². The first-order valence-corrected chi connectivity index (χ1v) is 11.7. The van der Waals surface area contributed by atoms with Crippen LogP contribution in [0.4, 0.5) is 11.4 Å². The third-order valence-electron chi connectivity index (χ3n) is 5.03. The number of anilines is 2. The molecule has 6 nitrogen and oxygen atoms in total. The van der Waals surface area contributed by atoms with Crippen LogP contribution in [0.5, 0.6) is 0 Å². The summed E-state index contributed by atoms with van der Waals surface area (Å²) in [7, 11) is -3.31. The predicted molar refractivity (Wildman–Crippen MR) is 120 cm³/mol. The number of nitrogens with one attached hydrogen (secondary N) is 1. The van der Waals surface area contributed by atoms with Gasteiger partial charge in [-0.15, -0.1) is 0 Å². The number of amides is 1. The molecule has 2 heterocycles. The SMILES string of the molecule is CCc1oc2ccccc2c1C=CC(=O)Nc1cc(N2CCCS2(=O)=O)ccc1Cl. The molecule has 0 spiro atoms. The highest BCUT2D eigenvalue weighted by atomic mass is 35.5. The van der Waals surface area contributed by atoms with Gasteiger partial charge in [0.25, 0.3) is 0 Å². The van der Waals surface area contributed by atoms with Crippen molar-refractivity contribution in [3.8, 4) is 0 Å². The summed E-state index contributed by atoms with van der Waals surface area (Å²) in [6.45, 7) is 2.41. The number of carbonyl (C=O) groups is 1. The summed E-state index contributed by atoms with van der Waals surface area (Å²) in [5.41, 5.74) is 2.49. The number of rotatable bonds is 5. The number of fused-ring (bicyclic) bond motifs is 1. The minimum Gasteiger partial charge on any atom is -0.460 e. The predicted octanol–water partition coefficient (Wildman–Crippen LogP) is 4.84. The van der Waals surface area contributed by atoms with Crippen molar-refractivity contribution >= 4 is 56.0 Å². The number of benzene rings is 2. The van der Waals surface area contributed by atoms with Crippen LogP contribution in [-0.4, -0.2) is 26.6 Å². The molecule has 1 aromatic heterocycles. The number of hydrogen-bond acceptors (Lipinski definition) is 4. The maximum atomic E-state index is 12.5. The largest absolute Gasteiger partial charge is 0.460 e. The molecule has 0 radical (unpaired) electrons. The zero-order valence-corrected chi connectivity index (χ0v) is 18.0. The third-order valence-corrected chi connectivity index (χ3v) is 7.23. The second-order valence-corrected chi connectivity index (χ2v) is 9.44. The molecule has 0 aliphatic carbocycles.